The Morgan fingerprint density at radius 3 is 2.70 bits per heavy atom. The molecule has 0 fully saturated rings. The lowest BCUT2D eigenvalue weighted by Crippen LogP contribution is -2.12. The van der Waals surface area contributed by atoms with Crippen LogP contribution in [0.25, 0.3) is 11.5 Å². The zero-order valence-corrected chi connectivity index (χ0v) is 16.5. The predicted octanol–water partition coefficient (Wildman–Crippen LogP) is 4.63. The maximum absolute atomic E-state index is 13.3. The number of nitrogens with one attached hydrogen (secondary N) is 1. The Morgan fingerprint density at radius 1 is 1.07 bits per heavy atom. The van der Waals surface area contributed by atoms with Crippen LogP contribution in [0.15, 0.2) is 59.1 Å². The zero-order chi connectivity index (χ0) is 20.9. The van der Waals surface area contributed by atoms with Gasteiger partial charge in [0, 0.05) is 35.9 Å². The molecule has 2 aromatic carbocycles. The highest BCUT2D eigenvalue weighted by molar-refractivity contribution is 7.15. The molecule has 0 aliphatic heterocycles. The van der Waals surface area contributed by atoms with Crippen LogP contribution >= 0.6 is 11.3 Å². The van der Waals surface area contributed by atoms with E-state index in [1.807, 2.05) is 30.3 Å². The van der Waals surface area contributed by atoms with Gasteiger partial charge >= 0.3 is 0 Å². The fourth-order valence-corrected chi connectivity index (χ4v) is 3.61. The quantitative estimate of drug-likeness (QED) is 0.466. The molecule has 0 bridgehead atoms. The summed E-state index contributed by atoms with van der Waals surface area (Å²) in [5.41, 5.74) is 1.44. The molecule has 30 heavy (non-hydrogen) atoms. The first-order valence-corrected chi connectivity index (χ1v) is 9.95. The molecule has 0 aliphatic carbocycles. The highest BCUT2D eigenvalue weighted by Crippen LogP contribution is 2.22. The fraction of sp³-hybridized carbons (Fsp3) is 0.143. The molecule has 6 nitrogen and oxygen atoms in total. The monoisotopic (exact) mass is 426 g/mol. The van der Waals surface area contributed by atoms with Crippen molar-refractivity contribution in [1.82, 2.24) is 15.2 Å². The molecular formula is C21H16F2N4O2S. The Labute approximate surface area is 174 Å². The van der Waals surface area contributed by atoms with Gasteiger partial charge in [-0.2, -0.15) is 0 Å². The minimum absolute atomic E-state index is 0.161. The van der Waals surface area contributed by atoms with Gasteiger partial charge in [-0.3, -0.25) is 4.79 Å². The molecule has 0 aliphatic rings. The molecule has 4 rings (SSSR count). The van der Waals surface area contributed by atoms with E-state index in [0.29, 0.717) is 35.3 Å². The van der Waals surface area contributed by atoms with Crippen molar-refractivity contribution in [2.24, 2.45) is 0 Å². The van der Waals surface area contributed by atoms with Crippen molar-refractivity contribution in [2.75, 3.05) is 5.32 Å². The zero-order valence-electron chi connectivity index (χ0n) is 15.6. The number of carbonyl (C=O) groups is 1. The van der Waals surface area contributed by atoms with Gasteiger partial charge in [-0.15, -0.1) is 21.5 Å². The second-order valence-corrected chi connectivity index (χ2v) is 7.59. The fourth-order valence-electron chi connectivity index (χ4n) is 2.75. The lowest BCUT2D eigenvalue weighted by molar-refractivity contribution is -0.116. The molecule has 0 unspecified atom stereocenters. The Bertz CT molecular complexity index is 1160. The lowest BCUT2D eigenvalue weighted by Gasteiger charge is -2.00. The van der Waals surface area contributed by atoms with Crippen LogP contribution in [0.4, 0.5) is 13.9 Å². The van der Waals surface area contributed by atoms with Crippen molar-refractivity contribution in [2.45, 2.75) is 19.3 Å². The summed E-state index contributed by atoms with van der Waals surface area (Å²) in [6, 6.07) is 13.1. The smallest absolute Gasteiger partial charge is 0.247 e. The molecule has 2 heterocycles. The van der Waals surface area contributed by atoms with Crippen molar-refractivity contribution >= 4 is 22.4 Å². The molecule has 9 heteroatoms. The number of hydrogen-bond donors (Lipinski definition) is 1. The second kappa shape index (κ2) is 8.91. The summed E-state index contributed by atoms with van der Waals surface area (Å²) >= 11 is 1.28. The van der Waals surface area contributed by atoms with Crippen LogP contribution in [0.1, 0.15) is 22.8 Å². The lowest BCUT2D eigenvalue weighted by atomic mass is 10.1. The van der Waals surface area contributed by atoms with Crippen molar-refractivity contribution in [3.05, 3.63) is 82.7 Å². The summed E-state index contributed by atoms with van der Waals surface area (Å²) < 4.78 is 31.9. The largest absolute Gasteiger partial charge is 0.421 e. The van der Waals surface area contributed by atoms with Gasteiger partial charge in [0.1, 0.15) is 0 Å². The number of carbonyl (C=O) groups excluding carboxylic acids is 1. The van der Waals surface area contributed by atoms with Crippen LogP contribution < -0.4 is 5.32 Å². The highest BCUT2D eigenvalue weighted by atomic mass is 32.1. The topological polar surface area (TPSA) is 80.9 Å². The van der Waals surface area contributed by atoms with E-state index in [9.17, 15) is 13.6 Å². The number of thiazole rings is 1. The number of nitrogens with zero attached hydrogens (tertiary/aromatic N) is 3. The third-order valence-electron chi connectivity index (χ3n) is 4.22. The van der Waals surface area contributed by atoms with Crippen molar-refractivity contribution in [1.29, 1.82) is 0 Å². The maximum Gasteiger partial charge on any atom is 0.247 e. The summed E-state index contributed by atoms with van der Waals surface area (Å²) in [7, 11) is 0. The number of anilines is 1. The Balaban J connectivity index is 1.29. The highest BCUT2D eigenvalue weighted by Gasteiger charge is 2.12. The number of amides is 1. The van der Waals surface area contributed by atoms with Gasteiger partial charge in [-0.05, 0) is 29.8 Å². The van der Waals surface area contributed by atoms with E-state index in [-0.39, 0.29) is 12.3 Å². The number of aryl methyl sites for hydroxylation is 1. The molecular weight excluding hydrogens is 410 g/mol. The van der Waals surface area contributed by atoms with E-state index in [2.05, 4.69) is 20.5 Å². The summed E-state index contributed by atoms with van der Waals surface area (Å²) in [5.74, 6) is -1.21. The summed E-state index contributed by atoms with van der Waals surface area (Å²) in [6.07, 6.45) is 2.47. The minimum Gasteiger partial charge on any atom is -0.421 e. The van der Waals surface area contributed by atoms with Crippen LogP contribution in [0, 0.1) is 11.6 Å². The van der Waals surface area contributed by atoms with E-state index in [1.54, 1.807) is 6.20 Å². The maximum atomic E-state index is 13.3. The predicted molar refractivity (Wildman–Crippen MR) is 108 cm³/mol. The van der Waals surface area contributed by atoms with Crippen LogP contribution in [0.3, 0.4) is 0 Å². The number of hydrogen-bond acceptors (Lipinski definition) is 6. The Hall–Kier alpha value is -3.46. The number of rotatable bonds is 7. The van der Waals surface area contributed by atoms with E-state index in [0.717, 1.165) is 22.6 Å². The van der Waals surface area contributed by atoms with E-state index in [4.69, 9.17) is 4.42 Å². The van der Waals surface area contributed by atoms with Crippen molar-refractivity contribution in [3.63, 3.8) is 0 Å². The van der Waals surface area contributed by atoms with E-state index < -0.39 is 11.6 Å². The molecule has 1 amide bonds. The third kappa shape index (κ3) is 4.93. The van der Waals surface area contributed by atoms with Crippen molar-refractivity contribution in [3.8, 4) is 11.5 Å². The average molecular weight is 426 g/mol. The molecule has 2 aromatic heterocycles. The number of halogens is 2. The first-order valence-electron chi connectivity index (χ1n) is 9.13. The van der Waals surface area contributed by atoms with Gasteiger partial charge in [0.05, 0.1) is 0 Å². The molecule has 0 radical (unpaired) electrons. The molecule has 0 saturated heterocycles. The van der Waals surface area contributed by atoms with Crippen LogP contribution in [0.5, 0.6) is 0 Å². The molecule has 0 atom stereocenters. The summed E-state index contributed by atoms with van der Waals surface area (Å²) in [4.78, 5) is 17.2. The average Bonchev–Trinajstić information content (AvgIpc) is 3.39. The number of aromatic nitrogens is 3. The molecule has 1 N–H and O–H groups in total. The Morgan fingerprint density at radius 2 is 1.90 bits per heavy atom. The first kappa shape index (κ1) is 19.8. The number of benzene rings is 2. The molecule has 0 saturated carbocycles. The summed E-state index contributed by atoms with van der Waals surface area (Å²) in [5, 5.41) is 11.1. The van der Waals surface area contributed by atoms with Gasteiger partial charge in [0.25, 0.3) is 0 Å². The second-order valence-electron chi connectivity index (χ2n) is 6.47. The Kier molecular flexibility index (Phi) is 5.89. The van der Waals surface area contributed by atoms with Gasteiger partial charge in [0.15, 0.2) is 16.8 Å². The summed E-state index contributed by atoms with van der Waals surface area (Å²) in [6.45, 7) is 0. The van der Waals surface area contributed by atoms with Gasteiger partial charge < -0.3 is 9.73 Å². The van der Waals surface area contributed by atoms with Gasteiger partial charge in [0.2, 0.25) is 17.7 Å². The van der Waals surface area contributed by atoms with Gasteiger partial charge in [-0.25, -0.2) is 13.8 Å². The van der Waals surface area contributed by atoms with Crippen LogP contribution in [-0.4, -0.2) is 21.1 Å². The van der Waals surface area contributed by atoms with Crippen LogP contribution in [0.2, 0.25) is 0 Å². The molecule has 152 valence electrons. The standard InChI is InChI=1S/C21H16F2N4O2S/c22-16-7-6-13(11-17(16)23)10-15-12-24-21(30-15)25-18(28)8-9-19-26-27-20(29-19)14-4-2-1-3-5-14/h1-7,11-12H,8-10H2,(H,24,25,28). The van der Waals surface area contributed by atoms with E-state index in [1.165, 1.54) is 17.4 Å². The minimum atomic E-state index is -0.887. The molecule has 0 spiro atoms. The normalized spacial score (nSPS) is 10.9. The molecule has 4 aromatic rings. The first-order chi connectivity index (χ1) is 14.6. The van der Waals surface area contributed by atoms with Crippen molar-refractivity contribution < 1.29 is 18.0 Å². The third-order valence-corrected chi connectivity index (χ3v) is 5.13. The van der Waals surface area contributed by atoms with Gasteiger partial charge in [-0.1, -0.05) is 24.3 Å². The van der Waals surface area contributed by atoms with Crippen LogP contribution in [-0.2, 0) is 17.6 Å². The SMILES string of the molecule is O=C(CCc1nnc(-c2ccccc2)o1)Nc1ncc(Cc2ccc(F)c(F)c2)s1. The van der Waals surface area contributed by atoms with E-state index >= 15 is 0 Å².